The van der Waals surface area contributed by atoms with Crippen LogP contribution in [0.3, 0.4) is 0 Å². The summed E-state index contributed by atoms with van der Waals surface area (Å²) in [6, 6.07) is 11.5. The first-order chi connectivity index (χ1) is 11.6. The number of fused-ring (bicyclic) bond motifs is 1. The molecule has 1 N–H and O–H groups in total. The van der Waals surface area contributed by atoms with Crippen molar-refractivity contribution < 1.29 is 4.79 Å². The Labute approximate surface area is 145 Å². The average molecular weight is 340 g/mol. The highest BCUT2D eigenvalue weighted by molar-refractivity contribution is 6.30. The van der Waals surface area contributed by atoms with Gasteiger partial charge in [-0.25, -0.2) is 4.98 Å². The van der Waals surface area contributed by atoms with Crippen LogP contribution in [-0.4, -0.2) is 15.3 Å². The van der Waals surface area contributed by atoms with Crippen LogP contribution in [0.15, 0.2) is 42.6 Å². The van der Waals surface area contributed by atoms with Crippen molar-refractivity contribution in [3.05, 3.63) is 53.2 Å². The zero-order chi connectivity index (χ0) is 16.7. The van der Waals surface area contributed by atoms with E-state index in [-0.39, 0.29) is 11.8 Å². The molecule has 0 atom stereocenters. The van der Waals surface area contributed by atoms with Crippen molar-refractivity contribution in [1.29, 1.82) is 0 Å². The molecule has 24 heavy (non-hydrogen) atoms. The van der Waals surface area contributed by atoms with Crippen LogP contribution < -0.4 is 5.32 Å². The molecular weight excluding hydrogens is 322 g/mol. The van der Waals surface area contributed by atoms with Crippen molar-refractivity contribution in [2.24, 2.45) is 5.92 Å². The zero-order valence-corrected chi connectivity index (χ0v) is 14.2. The van der Waals surface area contributed by atoms with Gasteiger partial charge < -0.3 is 5.32 Å². The molecule has 1 aliphatic rings. The number of rotatable bonds is 3. The van der Waals surface area contributed by atoms with Gasteiger partial charge in [0.25, 0.3) is 0 Å². The molecule has 0 aliphatic heterocycles. The van der Waals surface area contributed by atoms with Gasteiger partial charge in [-0.15, -0.1) is 0 Å². The number of carbonyl (C=O) groups is 1. The maximum atomic E-state index is 12.5. The van der Waals surface area contributed by atoms with Crippen molar-refractivity contribution in [2.45, 2.75) is 26.2 Å². The third-order valence-electron chi connectivity index (χ3n) is 4.58. The molecule has 5 heteroatoms. The maximum absolute atomic E-state index is 12.5. The van der Waals surface area contributed by atoms with Crippen molar-refractivity contribution in [2.75, 3.05) is 5.32 Å². The Balaban J connectivity index is 1.85. The number of benzene rings is 1. The average Bonchev–Trinajstić information content (AvgIpc) is 2.83. The number of halogens is 1. The highest BCUT2D eigenvalue weighted by Gasteiger charge is 2.27. The van der Waals surface area contributed by atoms with E-state index < -0.39 is 0 Å². The van der Waals surface area contributed by atoms with Crippen LogP contribution >= 0.6 is 11.6 Å². The van der Waals surface area contributed by atoms with Gasteiger partial charge in [0.1, 0.15) is 17.2 Å². The highest BCUT2D eigenvalue weighted by atomic mass is 35.5. The van der Waals surface area contributed by atoms with E-state index in [1.807, 2.05) is 53.9 Å². The molecule has 122 valence electrons. The van der Waals surface area contributed by atoms with E-state index in [1.54, 1.807) is 0 Å². The van der Waals surface area contributed by atoms with Crippen molar-refractivity contribution in [3.63, 3.8) is 0 Å². The van der Waals surface area contributed by atoms with E-state index in [0.717, 1.165) is 41.7 Å². The lowest BCUT2D eigenvalue weighted by atomic mass is 9.85. The van der Waals surface area contributed by atoms with Gasteiger partial charge in [-0.3, -0.25) is 9.20 Å². The number of nitrogens with zero attached hydrogens (tertiary/aromatic N) is 2. The lowest BCUT2D eigenvalue weighted by Gasteiger charge is -2.24. The Morgan fingerprint density at radius 2 is 2.12 bits per heavy atom. The van der Waals surface area contributed by atoms with Gasteiger partial charge in [0.2, 0.25) is 5.91 Å². The van der Waals surface area contributed by atoms with Gasteiger partial charge in [0.15, 0.2) is 0 Å². The molecule has 1 fully saturated rings. The Bertz CT molecular complexity index is 928. The standard InChI is InChI=1S/C19H18ClN3O/c1-12-8-9-16-21-17(14-6-3-7-15(20)10-14)18(23(16)11-12)22-19(24)13-4-2-5-13/h3,6-11,13H,2,4-5H2,1H3,(H,22,24). The summed E-state index contributed by atoms with van der Waals surface area (Å²) < 4.78 is 1.95. The zero-order valence-electron chi connectivity index (χ0n) is 13.4. The van der Waals surface area contributed by atoms with Crippen LogP contribution in [0.4, 0.5) is 5.82 Å². The lowest BCUT2D eigenvalue weighted by molar-refractivity contribution is -0.122. The molecule has 3 aromatic rings. The van der Waals surface area contributed by atoms with E-state index in [4.69, 9.17) is 16.6 Å². The van der Waals surface area contributed by atoms with E-state index in [0.29, 0.717) is 10.8 Å². The Hall–Kier alpha value is -2.33. The molecule has 1 aliphatic carbocycles. The third kappa shape index (κ3) is 2.67. The molecule has 4 nitrogen and oxygen atoms in total. The first-order valence-electron chi connectivity index (χ1n) is 8.17. The smallest absolute Gasteiger partial charge is 0.228 e. The van der Waals surface area contributed by atoms with Crippen molar-refractivity contribution >= 4 is 29.0 Å². The van der Waals surface area contributed by atoms with Crippen LogP contribution in [0.5, 0.6) is 0 Å². The second-order valence-corrected chi connectivity index (χ2v) is 6.81. The summed E-state index contributed by atoms with van der Waals surface area (Å²) >= 11 is 6.14. The predicted molar refractivity (Wildman–Crippen MR) is 96.3 cm³/mol. The van der Waals surface area contributed by atoms with Gasteiger partial charge in [-0.2, -0.15) is 0 Å². The van der Waals surface area contributed by atoms with Gasteiger partial charge in [0, 0.05) is 22.7 Å². The number of carbonyl (C=O) groups excluding carboxylic acids is 1. The first kappa shape index (κ1) is 15.2. The van der Waals surface area contributed by atoms with E-state index in [9.17, 15) is 4.79 Å². The van der Waals surface area contributed by atoms with Crippen LogP contribution in [-0.2, 0) is 4.79 Å². The van der Waals surface area contributed by atoms with Gasteiger partial charge in [-0.1, -0.05) is 36.2 Å². The van der Waals surface area contributed by atoms with Crippen LogP contribution in [0.2, 0.25) is 5.02 Å². The van der Waals surface area contributed by atoms with Crippen LogP contribution in [0.25, 0.3) is 16.9 Å². The number of aromatic nitrogens is 2. The fourth-order valence-corrected chi connectivity index (χ4v) is 3.19. The number of pyridine rings is 1. The van der Waals surface area contributed by atoms with Crippen molar-refractivity contribution in [1.82, 2.24) is 9.38 Å². The number of nitrogens with one attached hydrogen (secondary N) is 1. The first-order valence-corrected chi connectivity index (χ1v) is 8.55. The minimum atomic E-state index is 0.0767. The second-order valence-electron chi connectivity index (χ2n) is 6.37. The summed E-state index contributed by atoms with van der Waals surface area (Å²) in [5.74, 6) is 0.910. The highest BCUT2D eigenvalue weighted by Crippen LogP contribution is 2.33. The molecular formula is C19H18ClN3O. The van der Waals surface area contributed by atoms with E-state index in [1.165, 1.54) is 0 Å². The molecule has 2 aromatic heterocycles. The number of hydrogen-bond donors (Lipinski definition) is 1. The maximum Gasteiger partial charge on any atom is 0.228 e. The van der Waals surface area contributed by atoms with E-state index in [2.05, 4.69) is 5.32 Å². The molecule has 1 saturated carbocycles. The number of anilines is 1. The molecule has 0 saturated heterocycles. The fourth-order valence-electron chi connectivity index (χ4n) is 3.00. The van der Waals surface area contributed by atoms with Crippen LogP contribution in [0, 0.1) is 12.8 Å². The SMILES string of the molecule is Cc1ccc2nc(-c3cccc(Cl)c3)c(NC(=O)C3CCC3)n2c1. The Morgan fingerprint density at radius 3 is 2.83 bits per heavy atom. The Morgan fingerprint density at radius 1 is 1.29 bits per heavy atom. The quantitative estimate of drug-likeness (QED) is 0.751. The fraction of sp³-hybridized carbons (Fsp3) is 0.263. The lowest BCUT2D eigenvalue weighted by Crippen LogP contribution is -2.28. The topological polar surface area (TPSA) is 46.4 Å². The largest absolute Gasteiger partial charge is 0.310 e. The van der Waals surface area contributed by atoms with Crippen LogP contribution in [0.1, 0.15) is 24.8 Å². The van der Waals surface area contributed by atoms with Gasteiger partial charge >= 0.3 is 0 Å². The summed E-state index contributed by atoms with van der Waals surface area (Å²) in [4.78, 5) is 17.2. The third-order valence-corrected chi connectivity index (χ3v) is 4.82. The summed E-state index contributed by atoms with van der Waals surface area (Å²) in [5, 5.41) is 3.75. The van der Waals surface area contributed by atoms with Gasteiger partial charge in [0.05, 0.1) is 0 Å². The molecule has 1 amide bonds. The molecule has 0 bridgehead atoms. The predicted octanol–water partition coefficient (Wildman–Crippen LogP) is 4.70. The summed E-state index contributed by atoms with van der Waals surface area (Å²) in [6.45, 7) is 2.02. The molecule has 0 unspecified atom stereocenters. The summed E-state index contributed by atoms with van der Waals surface area (Å²) in [7, 11) is 0. The van der Waals surface area contributed by atoms with Gasteiger partial charge in [-0.05, 0) is 43.5 Å². The molecule has 0 spiro atoms. The summed E-state index contributed by atoms with van der Waals surface area (Å²) in [5.41, 5.74) is 3.56. The molecule has 1 aromatic carbocycles. The van der Waals surface area contributed by atoms with Crippen molar-refractivity contribution in [3.8, 4) is 11.3 Å². The number of hydrogen-bond acceptors (Lipinski definition) is 2. The second kappa shape index (κ2) is 5.95. The number of amides is 1. The Kier molecular flexibility index (Phi) is 3.77. The molecule has 2 heterocycles. The molecule has 0 radical (unpaired) electrons. The minimum absolute atomic E-state index is 0.0767. The minimum Gasteiger partial charge on any atom is -0.310 e. The number of aryl methyl sites for hydroxylation is 1. The molecule has 4 rings (SSSR count). The number of imidazole rings is 1. The summed E-state index contributed by atoms with van der Waals surface area (Å²) in [6.07, 6.45) is 5.06. The normalized spacial score (nSPS) is 14.6. The monoisotopic (exact) mass is 339 g/mol. The van der Waals surface area contributed by atoms with E-state index >= 15 is 0 Å².